The van der Waals surface area contributed by atoms with Gasteiger partial charge in [0.25, 0.3) is 0 Å². The van der Waals surface area contributed by atoms with Crippen LogP contribution in [-0.2, 0) is 0 Å². The van der Waals surface area contributed by atoms with Crippen molar-refractivity contribution in [3.8, 4) is 0 Å². The Labute approximate surface area is 51.6 Å². The lowest BCUT2D eigenvalue weighted by Crippen LogP contribution is -2.19. The third-order valence-corrected chi connectivity index (χ3v) is 1.03. The molecule has 0 amide bonds. The topological polar surface area (TPSA) is 26.1 Å². The van der Waals surface area contributed by atoms with Crippen molar-refractivity contribution in [3.05, 3.63) is 0 Å². The molecule has 0 atom stereocenters. The fourth-order valence-corrected chi connectivity index (χ4v) is 0.553. The fraction of sp³-hybridized carbons (Fsp3) is 1.00. The highest BCUT2D eigenvalue weighted by molar-refractivity contribution is 4.38. The number of nitrogens with zero attached hydrogens (tertiary/aromatic N) is 1. The summed E-state index contributed by atoms with van der Waals surface area (Å²) in [6.07, 6.45) is 3.79. The first-order chi connectivity index (χ1) is 3.91. The maximum absolute atomic E-state index is 3.96. The third kappa shape index (κ3) is 5.92. The summed E-state index contributed by atoms with van der Waals surface area (Å²) in [4.78, 5) is 0. The highest BCUT2D eigenvalue weighted by Gasteiger charge is 1.82. The van der Waals surface area contributed by atoms with E-state index in [1.54, 1.807) is 0 Å². The minimum Gasteiger partial charge on any atom is -0.243 e. The van der Waals surface area contributed by atoms with Crippen molar-refractivity contribution in [3.63, 3.8) is 0 Å². The second kappa shape index (κ2) is 6.92. The third-order valence-electron chi connectivity index (χ3n) is 1.03. The molecule has 0 aromatic carbocycles. The molecule has 0 aliphatic carbocycles. The molecule has 0 aromatic rings. The van der Waals surface area contributed by atoms with Gasteiger partial charge in [0.2, 0.25) is 0 Å². The molecule has 2 nitrogen and oxygen atoms in total. The second-order valence-electron chi connectivity index (χ2n) is 1.81. The van der Waals surface area contributed by atoms with Gasteiger partial charge in [-0.25, -0.2) is 5.43 Å². The number of hydrogen-bond donors (Lipinski definition) is 1. The summed E-state index contributed by atoms with van der Waals surface area (Å²) in [6, 6.07) is 0. The van der Waals surface area contributed by atoms with Crippen LogP contribution in [0.25, 0.3) is 0 Å². The van der Waals surface area contributed by atoms with Gasteiger partial charge >= 0.3 is 0 Å². The molecule has 49 valence electrons. The Balaban J connectivity index is 2.53. The van der Waals surface area contributed by atoms with Crippen molar-refractivity contribution >= 4 is 0 Å². The molecule has 0 fully saturated rings. The average Bonchev–Trinajstić information content (AvgIpc) is 1.81. The summed E-state index contributed by atoms with van der Waals surface area (Å²) in [7, 11) is 1.84. The molecule has 0 rings (SSSR count). The van der Waals surface area contributed by atoms with E-state index in [0.717, 1.165) is 6.54 Å². The van der Waals surface area contributed by atoms with Crippen LogP contribution in [-0.4, -0.2) is 13.6 Å². The first-order valence-corrected chi connectivity index (χ1v) is 3.25. The number of hydrogen-bond acceptors (Lipinski definition) is 1. The van der Waals surface area contributed by atoms with E-state index in [-0.39, 0.29) is 0 Å². The summed E-state index contributed by atoms with van der Waals surface area (Å²) in [5, 5.41) is 0. The van der Waals surface area contributed by atoms with Crippen molar-refractivity contribution in [2.75, 3.05) is 13.6 Å². The molecule has 0 aromatic heterocycles. The highest BCUT2D eigenvalue weighted by Crippen LogP contribution is 1.90. The molecule has 0 heterocycles. The molecular formula is C6H15N2. The van der Waals surface area contributed by atoms with Crippen LogP contribution in [0.15, 0.2) is 0 Å². The Morgan fingerprint density at radius 3 is 2.62 bits per heavy atom. The first kappa shape index (κ1) is 7.92. The van der Waals surface area contributed by atoms with Gasteiger partial charge in [0, 0.05) is 13.6 Å². The monoisotopic (exact) mass is 115 g/mol. The fourth-order valence-electron chi connectivity index (χ4n) is 0.553. The largest absolute Gasteiger partial charge is 0.243 e. The summed E-state index contributed by atoms with van der Waals surface area (Å²) < 4.78 is 0. The van der Waals surface area contributed by atoms with Crippen LogP contribution in [0.4, 0.5) is 0 Å². The lowest BCUT2D eigenvalue weighted by Gasteiger charge is -1.95. The van der Waals surface area contributed by atoms with E-state index in [0.29, 0.717) is 0 Å². The zero-order chi connectivity index (χ0) is 6.24. The molecule has 0 saturated carbocycles. The molecule has 1 N–H and O–H groups in total. The minimum absolute atomic E-state index is 0.963. The van der Waals surface area contributed by atoms with Gasteiger partial charge in [-0.1, -0.05) is 19.8 Å². The zero-order valence-electron chi connectivity index (χ0n) is 5.78. The van der Waals surface area contributed by atoms with E-state index < -0.39 is 0 Å². The smallest absolute Gasteiger partial charge is 0.0304 e. The van der Waals surface area contributed by atoms with Gasteiger partial charge < -0.3 is 0 Å². The summed E-state index contributed by atoms with van der Waals surface area (Å²) in [5.74, 6) is 0. The van der Waals surface area contributed by atoms with Crippen LogP contribution >= 0.6 is 0 Å². The van der Waals surface area contributed by atoms with Crippen molar-refractivity contribution in [1.29, 1.82) is 0 Å². The van der Waals surface area contributed by atoms with Gasteiger partial charge in [-0.05, 0) is 6.42 Å². The van der Waals surface area contributed by atoms with Gasteiger partial charge in [0.15, 0.2) is 0 Å². The maximum atomic E-state index is 3.96. The molecule has 0 aliphatic rings. The van der Waals surface area contributed by atoms with Gasteiger partial charge in [-0.3, -0.25) is 0 Å². The van der Waals surface area contributed by atoms with Gasteiger partial charge in [-0.2, -0.15) is 5.43 Å². The lowest BCUT2D eigenvalue weighted by atomic mass is 10.3. The van der Waals surface area contributed by atoms with E-state index in [1.807, 2.05) is 7.05 Å². The highest BCUT2D eigenvalue weighted by atomic mass is 15.3. The molecule has 1 radical (unpaired) electrons. The van der Waals surface area contributed by atoms with E-state index in [2.05, 4.69) is 17.8 Å². The molecule has 0 aliphatic heterocycles. The first-order valence-electron chi connectivity index (χ1n) is 3.25. The van der Waals surface area contributed by atoms with E-state index >= 15 is 0 Å². The van der Waals surface area contributed by atoms with Crippen molar-refractivity contribution in [2.45, 2.75) is 26.2 Å². The van der Waals surface area contributed by atoms with Crippen LogP contribution < -0.4 is 10.9 Å². The Morgan fingerprint density at radius 2 is 2.12 bits per heavy atom. The molecule has 0 saturated heterocycles. The van der Waals surface area contributed by atoms with Crippen LogP contribution in [0.5, 0.6) is 0 Å². The minimum atomic E-state index is 0.963. The Kier molecular flexibility index (Phi) is 6.85. The molecular weight excluding hydrogens is 100 g/mol. The van der Waals surface area contributed by atoms with Gasteiger partial charge in [-0.15, -0.1) is 0 Å². The Morgan fingerprint density at radius 1 is 1.38 bits per heavy atom. The molecule has 2 heteroatoms. The predicted octanol–water partition coefficient (Wildman–Crippen LogP) is 0.915. The number of unbranched alkanes of at least 4 members (excludes halogenated alkanes) is 2. The molecule has 8 heavy (non-hydrogen) atoms. The molecule has 0 bridgehead atoms. The molecule has 0 unspecified atom stereocenters. The van der Waals surface area contributed by atoms with Crippen molar-refractivity contribution in [1.82, 2.24) is 10.9 Å². The van der Waals surface area contributed by atoms with E-state index in [9.17, 15) is 0 Å². The number of nitrogens with one attached hydrogen (secondary N) is 1. The Bertz CT molecular complexity index is 31.5. The van der Waals surface area contributed by atoms with Crippen molar-refractivity contribution in [2.24, 2.45) is 0 Å². The SMILES string of the molecule is CCCCC[N]NC. The van der Waals surface area contributed by atoms with E-state index in [4.69, 9.17) is 0 Å². The van der Waals surface area contributed by atoms with E-state index in [1.165, 1.54) is 19.3 Å². The summed E-state index contributed by atoms with van der Waals surface area (Å²) in [6.45, 7) is 3.16. The van der Waals surface area contributed by atoms with Crippen LogP contribution in [0.2, 0.25) is 0 Å². The molecule has 0 spiro atoms. The van der Waals surface area contributed by atoms with Crippen molar-refractivity contribution < 1.29 is 0 Å². The lowest BCUT2D eigenvalue weighted by molar-refractivity contribution is 0.545. The predicted molar refractivity (Wildman–Crippen MR) is 35.6 cm³/mol. The Hall–Kier alpha value is -0.0800. The number of rotatable bonds is 5. The van der Waals surface area contributed by atoms with Gasteiger partial charge in [0.1, 0.15) is 0 Å². The van der Waals surface area contributed by atoms with Crippen LogP contribution in [0.3, 0.4) is 0 Å². The average molecular weight is 115 g/mol. The van der Waals surface area contributed by atoms with Crippen LogP contribution in [0, 0.1) is 0 Å². The quantitative estimate of drug-likeness (QED) is 0.418. The van der Waals surface area contributed by atoms with Crippen LogP contribution in [0.1, 0.15) is 26.2 Å². The zero-order valence-corrected chi connectivity index (χ0v) is 5.78. The summed E-state index contributed by atoms with van der Waals surface area (Å²) in [5.41, 5.74) is 6.71. The van der Waals surface area contributed by atoms with Gasteiger partial charge in [0.05, 0.1) is 0 Å². The standard InChI is InChI=1S/C6H15N2/c1-3-4-5-6-8-7-2/h7H,3-6H2,1-2H3. The summed E-state index contributed by atoms with van der Waals surface area (Å²) >= 11 is 0. The maximum Gasteiger partial charge on any atom is 0.0304 e. The second-order valence-corrected chi connectivity index (χ2v) is 1.81. The normalized spacial score (nSPS) is 9.75.